The van der Waals surface area contributed by atoms with Gasteiger partial charge in [0.25, 0.3) is 0 Å². The van der Waals surface area contributed by atoms with Crippen molar-refractivity contribution < 1.29 is 14.7 Å². The molecule has 1 unspecified atom stereocenters. The molecule has 0 aromatic heterocycles. The summed E-state index contributed by atoms with van der Waals surface area (Å²) in [5, 5.41) is 11.8. The molecule has 0 radical (unpaired) electrons. The van der Waals surface area contributed by atoms with E-state index in [-0.39, 0.29) is 17.3 Å². The zero-order valence-electron chi connectivity index (χ0n) is 10.8. The summed E-state index contributed by atoms with van der Waals surface area (Å²) < 4.78 is 0.707. The molecular weight excluding hydrogens is 326 g/mol. The van der Waals surface area contributed by atoms with Crippen molar-refractivity contribution in [1.29, 1.82) is 0 Å². The highest BCUT2D eigenvalue weighted by Crippen LogP contribution is 2.23. The van der Waals surface area contributed by atoms with Crippen LogP contribution in [-0.4, -0.2) is 41.6 Å². The van der Waals surface area contributed by atoms with Crippen LogP contribution in [0, 0.1) is 5.92 Å². The molecule has 0 aliphatic carbocycles. The lowest BCUT2D eigenvalue weighted by Gasteiger charge is -2.18. The molecule has 1 atom stereocenters. The number of carboxylic acid groups (broad SMARTS) is 1. The third kappa shape index (κ3) is 3.29. The molecule has 0 saturated carbocycles. The van der Waals surface area contributed by atoms with Crippen molar-refractivity contribution in [3.63, 3.8) is 0 Å². The molecule has 1 heterocycles. The zero-order chi connectivity index (χ0) is 14.7. The number of likely N-dealkylation sites (tertiary alicyclic amines) is 1. The van der Waals surface area contributed by atoms with Crippen molar-refractivity contribution in [2.45, 2.75) is 6.42 Å². The predicted octanol–water partition coefficient (Wildman–Crippen LogP) is 1.96. The average Bonchev–Trinajstić information content (AvgIpc) is 2.87. The smallest absolute Gasteiger partial charge is 0.337 e. The number of nitrogens with zero attached hydrogens (tertiary/aromatic N) is 1. The number of carbonyl (C=O) groups excluding carboxylic acids is 1. The van der Waals surface area contributed by atoms with Gasteiger partial charge in [-0.25, -0.2) is 9.59 Å². The van der Waals surface area contributed by atoms with Crippen molar-refractivity contribution in [2.75, 3.05) is 25.0 Å². The van der Waals surface area contributed by atoms with E-state index in [2.05, 4.69) is 21.2 Å². The highest BCUT2D eigenvalue weighted by Gasteiger charge is 2.26. The normalized spacial score (nSPS) is 18.1. The van der Waals surface area contributed by atoms with E-state index in [1.165, 1.54) is 6.07 Å². The van der Waals surface area contributed by atoms with E-state index in [1.807, 2.05) is 0 Å². The van der Waals surface area contributed by atoms with E-state index < -0.39 is 5.97 Å². The predicted molar refractivity (Wildman–Crippen MR) is 78.9 cm³/mol. The molecule has 1 aromatic carbocycles. The number of halogens is 1. The first-order chi connectivity index (χ1) is 9.51. The molecule has 1 aliphatic rings. The maximum atomic E-state index is 12.1. The fourth-order valence-corrected chi connectivity index (χ4v) is 2.57. The molecule has 4 N–H and O–H groups in total. The Hall–Kier alpha value is -1.60. The van der Waals surface area contributed by atoms with E-state index >= 15 is 0 Å². The first-order valence-electron chi connectivity index (χ1n) is 6.30. The van der Waals surface area contributed by atoms with Crippen LogP contribution < -0.4 is 11.1 Å². The van der Waals surface area contributed by atoms with Gasteiger partial charge in [-0.1, -0.05) is 15.9 Å². The minimum absolute atomic E-state index is 0.0659. The number of amides is 2. The number of nitrogens with one attached hydrogen (secondary N) is 1. The van der Waals surface area contributed by atoms with E-state index in [0.29, 0.717) is 30.0 Å². The molecule has 2 amide bonds. The summed E-state index contributed by atoms with van der Waals surface area (Å²) in [4.78, 5) is 24.9. The molecule has 7 heteroatoms. The quantitative estimate of drug-likeness (QED) is 0.782. The highest BCUT2D eigenvalue weighted by molar-refractivity contribution is 9.10. The van der Waals surface area contributed by atoms with Gasteiger partial charge in [-0.2, -0.15) is 0 Å². The summed E-state index contributed by atoms with van der Waals surface area (Å²) in [6.07, 6.45) is 0.883. The Bertz CT molecular complexity index is 536. The molecule has 1 saturated heterocycles. The van der Waals surface area contributed by atoms with Crippen molar-refractivity contribution in [3.05, 3.63) is 28.2 Å². The number of rotatable bonds is 3. The summed E-state index contributed by atoms with van der Waals surface area (Å²) in [6.45, 7) is 1.81. The van der Waals surface area contributed by atoms with Crippen LogP contribution in [0.25, 0.3) is 0 Å². The van der Waals surface area contributed by atoms with Crippen molar-refractivity contribution in [2.24, 2.45) is 11.7 Å². The van der Waals surface area contributed by atoms with Gasteiger partial charge in [-0.3, -0.25) is 0 Å². The Morgan fingerprint density at radius 3 is 2.85 bits per heavy atom. The number of carbonyl (C=O) groups is 2. The zero-order valence-corrected chi connectivity index (χ0v) is 12.4. The summed E-state index contributed by atoms with van der Waals surface area (Å²) in [5.41, 5.74) is 5.94. The number of anilines is 1. The Labute approximate surface area is 125 Å². The molecule has 20 heavy (non-hydrogen) atoms. The van der Waals surface area contributed by atoms with Gasteiger partial charge in [0.1, 0.15) is 0 Å². The van der Waals surface area contributed by atoms with E-state index in [0.717, 1.165) is 6.42 Å². The molecular formula is C13H16BrN3O3. The summed E-state index contributed by atoms with van der Waals surface area (Å²) in [5.74, 6) is -0.753. The molecule has 6 nitrogen and oxygen atoms in total. The summed E-state index contributed by atoms with van der Waals surface area (Å²) in [6, 6.07) is 4.37. The topological polar surface area (TPSA) is 95.7 Å². The number of hydrogen-bond acceptors (Lipinski definition) is 3. The van der Waals surface area contributed by atoms with Crippen LogP contribution >= 0.6 is 15.9 Å². The number of hydrogen-bond donors (Lipinski definition) is 3. The van der Waals surface area contributed by atoms with E-state index in [1.54, 1.807) is 17.0 Å². The summed E-state index contributed by atoms with van der Waals surface area (Å²) in [7, 11) is 0. The van der Waals surface area contributed by atoms with Gasteiger partial charge < -0.3 is 21.1 Å². The second-order valence-electron chi connectivity index (χ2n) is 4.76. The second-order valence-corrected chi connectivity index (χ2v) is 5.68. The second kappa shape index (κ2) is 6.23. The van der Waals surface area contributed by atoms with Crippen molar-refractivity contribution >= 4 is 33.6 Å². The van der Waals surface area contributed by atoms with Crippen LogP contribution in [0.5, 0.6) is 0 Å². The number of urea groups is 1. The van der Waals surface area contributed by atoms with Gasteiger partial charge >= 0.3 is 12.0 Å². The van der Waals surface area contributed by atoms with Crippen LogP contribution in [-0.2, 0) is 0 Å². The van der Waals surface area contributed by atoms with Crippen molar-refractivity contribution in [1.82, 2.24) is 4.90 Å². The van der Waals surface area contributed by atoms with Gasteiger partial charge in [-0.15, -0.1) is 0 Å². The molecule has 0 bridgehead atoms. The fourth-order valence-electron chi connectivity index (χ4n) is 2.21. The number of aromatic carboxylic acids is 1. The third-order valence-corrected chi connectivity index (χ3v) is 3.85. The maximum absolute atomic E-state index is 12.1. The van der Waals surface area contributed by atoms with Crippen LogP contribution in [0.2, 0.25) is 0 Å². The lowest BCUT2D eigenvalue weighted by Crippen LogP contribution is -2.34. The monoisotopic (exact) mass is 341 g/mol. The number of carboxylic acids is 1. The van der Waals surface area contributed by atoms with Gasteiger partial charge in [-0.05, 0) is 37.1 Å². The lowest BCUT2D eigenvalue weighted by molar-refractivity contribution is 0.0698. The highest BCUT2D eigenvalue weighted by atomic mass is 79.9. The Morgan fingerprint density at radius 2 is 2.25 bits per heavy atom. The Balaban J connectivity index is 2.11. The standard InChI is InChI=1S/C13H16BrN3O3/c14-9-1-2-10(12(18)19)11(5-9)16-13(20)17-4-3-8(6-15)7-17/h1-2,5,8H,3-4,6-7,15H2,(H,16,20)(H,18,19). The van der Waals surface area contributed by atoms with E-state index in [4.69, 9.17) is 10.8 Å². The first-order valence-corrected chi connectivity index (χ1v) is 7.09. The molecule has 108 valence electrons. The summed E-state index contributed by atoms with van der Waals surface area (Å²) >= 11 is 3.27. The van der Waals surface area contributed by atoms with Gasteiger partial charge in [0.05, 0.1) is 11.3 Å². The van der Waals surface area contributed by atoms with Crippen LogP contribution in [0.3, 0.4) is 0 Å². The molecule has 0 spiro atoms. The molecule has 1 aliphatic heterocycles. The Morgan fingerprint density at radius 1 is 1.50 bits per heavy atom. The lowest BCUT2D eigenvalue weighted by atomic mass is 10.1. The van der Waals surface area contributed by atoms with Gasteiger partial charge in [0.15, 0.2) is 0 Å². The van der Waals surface area contributed by atoms with Crippen molar-refractivity contribution in [3.8, 4) is 0 Å². The first kappa shape index (κ1) is 14.8. The number of nitrogens with two attached hydrogens (primary N) is 1. The minimum Gasteiger partial charge on any atom is -0.478 e. The fraction of sp³-hybridized carbons (Fsp3) is 0.385. The third-order valence-electron chi connectivity index (χ3n) is 3.36. The SMILES string of the molecule is NCC1CCN(C(=O)Nc2cc(Br)ccc2C(=O)O)C1. The van der Waals surface area contributed by atoms with Crippen LogP contribution in [0.15, 0.2) is 22.7 Å². The van der Waals surface area contributed by atoms with E-state index in [9.17, 15) is 9.59 Å². The Kier molecular flexibility index (Phi) is 4.61. The molecule has 2 rings (SSSR count). The van der Waals surface area contributed by atoms with Crippen LogP contribution in [0.4, 0.5) is 10.5 Å². The average molecular weight is 342 g/mol. The van der Waals surface area contributed by atoms with Gasteiger partial charge in [0, 0.05) is 17.6 Å². The maximum Gasteiger partial charge on any atom is 0.337 e. The molecule has 1 aromatic rings. The minimum atomic E-state index is -1.07. The molecule has 1 fully saturated rings. The number of benzene rings is 1. The van der Waals surface area contributed by atoms with Crippen LogP contribution in [0.1, 0.15) is 16.8 Å². The van der Waals surface area contributed by atoms with Gasteiger partial charge in [0.2, 0.25) is 0 Å². The largest absolute Gasteiger partial charge is 0.478 e.